The summed E-state index contributed by atoms with van der Waals surface area (Å²) in [5, 5.41) is -0.00221. The van der Waals surface area contributed by atoms with Crippen molar-refractivity contribution in [1.82, 2.24) is 0 Å². The van der Waals surface area contributed by atoms with Crippen molar-refractivity contribution in [2.75, 3.05) is 5.73 Å². The molecule has 0 unspecified atom stereocenters. The largest absolute Gasteiger partial charge is 0.395 e. The van der Waals surface area contributed by atoms with Crippen molar-refractivity contribution >= 4 is 44.8 Å². The molecule has 5 heteroatoms. The fraction of sp³-hybridized carbons (Fsp3) is 0. The minimum absolute atomic E-state index is 0.0283. The van der Waals surface area contributed by atoms with E-state index in [0.29, 0.717) is 4.47 Å². The lowest BCUT2D eigenvalue weighted by Gasteiger charge is -2.02. The second-order valence-corrected chi connectivity index (χ2v) is 3.52. The Morgan fingerprint density at radius 3 is 2.55 bits per heavy atom. The molecule has 0 bridgehead atoms. The van der Waals surface area contributed by atoms with Gasteiger partial charge in [-0.15, -0.1) is 0 Å². The predicted molar refractivity (Wildman–Crippen MR) is 48.5 cm³/mol. The Kier molecular flexibility index (Phi) is 2.62. The van der Waals surface area contributed by atoms with Gasteiger partial charge in [-0.05, 0) is 22.0 Å². The van der Waals surface area contributed by atoms with Gasteiger partial charge in [-0.25, -0.2) is 4.39 Å². The zero-order valence-electron chi connectivity index (χ0n) is 5.17. The molecule has 1 aromatic rings. The van der Waals surface area contributed by atoms with E-state index in [1.807, 2.05) is 0 Å². The summed E-state index contributed by atoms with van der Waals surface area (Å²) in [6, 6.07) is 1.45. The van der Waals surface area contributed by atoms with Crippen molar-refractivity contribution in [2.45, 2.75) is 0 Å². The average Bonchev–Trinajstić information content (AvgIpc) is 1.97. The molecule has 0 heterocycles. The highest BCUT2D eigenvalue weighted by molar-refractivity contribution is 9.10. The summed E-state index contributed by atoms with van der Waals surface area (Å²) in [5.41, 5.74) is 5.26. The Labute approximate surface area is 81.4 Å². The molecule has 0 saturated heterocycles. The lowest BCUT2D eigenvalue weighted by Crippen LogP contribution is -1.93. The molecule has 0 radical (unpaired) electrons. The van der Waals surface area contributed by atoms with Crippen molar-refractivity contribution in [3.8, 4) is 0 Å². The molecule has 60 valence electrons. The molecule has 1 rings (SSSR count). The SMILES string of the molecule is Nc1c(Br)cc(Cl)c(Cl)c1F. The Hall–Kier alpha value is 0.01000. The van der Waals surface area contributed by atoms with Crippen molar-refractivity contribution in [1.29, 1.82) is 0 Å². The van der Waals surface area contributed by atoms with Crippen LogP contribution in [-0.4, -0.2) is 0 Å². The topological polar surface area (TPSA) is 26.0 Å². The van der Waals surface area contributed by atoms with E-state index >= 15 is 0 Å². The molecule has 0 aliphatic heterocycles. The minimum Gasteiger partial charge on any atom is -0.395 e. The van der Waals surface area contributed by atoms with Gasteiger partial charge in [0.1, 0.15) is 0 Å². The predicted octanol–water partition coefficient (Wildman–Crippen LogP) is 3.48. The molecule has 0 fully saturated rings. The molecule has 1 aromatic carbocycles. The molecule has 11 heavy (non-hydrogen) atoms. The maximum Gasteiger partial charge on any atom is 0.167 e. The fourth-order valence-corrected chi connectivity index (χ4v) is 1.46. The number of hydrogen-bond acceptors (Lipinski definition) is 1. The second-order valence-electron chi connectivity index (χ2n) is 1.88. The highest BCUT2D eigenvalue weighted by Crippen LogP contribution is 2.34. The molecule has 0 aliphatic rings. The number of anilines is 1. The summed E-state index contributed by atoms with van der Waals surface area (Å²) in [7, 11) is 0. The summed E-state index contributed by atoms with van der Waals surface area (Å²) in [6.07, 6.45) is 0. The fourth-order valence-electron chi connectivity index (χ4n) is 0.580. The molecular weight excluding hydrogens is 256 g/mol. The van der Waals surface area contributed by atoms with Crippen LogP contribution in [0.2, 0.25) is 10.0 Å². The number of rotatable bonds is 0. The van der Waals surface area contributed by atoms with Gasteiger partial charge in [0, 0.05) is 4.47 Å². The molecule has 0 atom stereocenters. The van der Waals surface area contributed by atoms with Gasteiger partial charge in [0.25, 0.3) is 0 Å². The molecule has 0 spiro atoms. The van der Waals surface area contributed by atoms with Crippen LogP contribution in [0.25, 0.3) is 0 Å². The van der Waals surface area contributed by atoms with Crippen LogP contribution in [0, 0.1) is 5.82 Å². The maximum absolute atomic E-state index is 12.9. The standard InChI is InChI=1S/C6H3BrCl2FN/c7-2-1-3(8)4(9)5(10)6(2)11/h1H,11H2. The smallest absolute Gasteiger partial charge is 0.167 e. The third-order valence-corrected chi connectivity index (χ3v) is 2.57. The quantitative estimate of drug-likeness (QED) is 0.430. The summed E-state index contributed by atoms with van der Waals surface area (Å²) in [5.74, 6) is -0.689. The molecule has 0 aromatic heterocycles. The Morgan fingerprint density at radius 2 is 2.00 bits per heavy atom. The van der Waals surface area contributed by atoms with E-state index in [1.165, 1.54) is 6.07 Å². The maximum atomic E-state index is 12.9. The number of hydrogen-bond donors (Lipinski definition) is 1. The molecule has 0 amide bonds. The van der Waals surface area contributed by atoms with E-state index in [4.69, 9.17) is 28.9 Å². The van der Waals surface area contributed by atoms with Crippen LogP contribution in [0.15, 0.2) is 10.5 Å². The van der Waals surface area contributed by atoms with Gasteiger partial charge in [-0.1, -0.05) is 23.2 Å². The van der Waals surface area contributed by atoms with Crippen LogP contribution in [0.3, 0.4) is 0 Å². The number of halogens is 4. The number of benzene rings is 1. The van der Waals surface area contributed by atoms with Gasteiger partial charge in [0.2, 0.25) is 0 Å². The van der Waals surface area contributed by atoms with E-state index in [0.717, 1.165) is 0 Å². The molecular formula is C6H3BrCl2FN. The first-order valence-corrected chi connectivity index (χ1v) is 4.17. The van der Waals surface area contributed by atoms with Crippen LogP contribution < -0.4 is 5.73 Å². The first-order chi connectivity index (χ1) is 5.04. The molecule has 1 nitrogen and oxygen atoms in total. The zero-order valence-corrected chi connectivity index (χ0v) is 8.26. The van der Waals surface area contributed by atoms with Crippen molar-refractivity contribution in [3.63, 3.8) is 0 Å². The van der Waals surface area contributed by atoms with Gasteiger partial charge in [-0.2, -0.15) is 0 Å². The van der Waals surface area contributed by atoms with Crippen LogP contribution in [0.4, 0.5) is 10.1 Å². The molecule has 2 N–H and O–H groups in total. The van der Waals surface area contributed by atoms with Crippen LogP contribution >= 0.6 is 39.1 Å². The second kappa shape index (κ2) is 3.17. The van der Waals surface area contributed by atoms with Gasteiger partial charge >= 0.3 is 0 Å². The molecule has 0 aliphatic carbocycles. The van der Waals surface area contributed by atoms with E-state index in [9.17, 15) is 4.39 Å². The third-order valence-electron chi connectivity index (χ3n) is 1.15. The summed E-state index contributed by atoms with van der Waals surface area (Å²) in [4.78, 5) is 0. The first-order valence-electron chi connectivity index (χ1n) is 2.62. The summed E-state index contributed by atoms with van der Waals surface area (Å²) in [6.45, 7) is 0. The van der Waals surface area contributed by atoms with Crippen molar-refractivity contribution in [3.05, 3.63) is 26.4 Å². The van der Waals surface area contributed by atoms with Crippen LogP contribution in [-0.2, 0) is 0 Å². The highest BCUT2D eigenvalue weighted by Gasteiger charge is 2.11. The highest BCUT2D eigenvalue weighted by atomic mass is 79.9. The normalized spacial score (nSPS) is 10.2. The van der Waals surface area contributed by atoms with Gasteiger partial charge < -0.3 is 5.73 Å². The lowest BCUT2D eigenvalue weighted by atomic mass is 10.3. The van der Waals surface area contributed by atoms with Gasteiger partial charge in [0.05, 0.1) is 15.7 Å². The zero-order chi connectivity index (χ0) is 8.59. The third kappa shape index (κ3) is 1.60. The Morgan fingerprint density at radius 1 is 1.45 bits per heavy atom. The van der Waals surface area contributed by atoms with E-state index in [-0.39, 0.29) is 15.7 Å². The first kappa shape index (κ1) is 9.10. The molecule has 0 saturated carbocycles. The summed E-state index contributed by atoms with van der Waals surface area (Å²) < 4.78 is 13.3. The average molecular weight is 259 g/mol. The van der Waals surface area contributed by atoms with E-state index in [1.54, 1.807) is 0 Å². The van der Waals surface area contributed by atoms with Crippen LogP contribution in [0.1, 0.15) is 0 Å². The Bertz CT molecular complexity index is 277. The van der Waals surface area contributed by atoms with Crippen molar-refractivity contribution in [2.24, 2.45) is 0 Å². The number of nitrogens with two attached hydrogens (primary N) is 1. The minimum atomic E-state index is -0.689. The lowest BCUT2D eigenvalue weighted by molar-refractivity contribution is 0.632. The monoisotopic (exact) mass is 257 g/mol. The summed E-state index contributed by atoms with van der Waals surface area (Å²) >= 11 is 14.0. The van der Waals surface area contributed by atoms with E-state index < -0.39 is 5.82 Å². The van der Waals surface area contributed by atoms with Gasteiger partial charge in [0.15, 0.2) is 5.82 Å². The van der Waals surface area contributed by atoms with E-state index in [2.05, 4.69) is 15.9 Å². The van der Waals surface area contributed by atoms with Crippen molar-refractivity contribution < 1.29 is 4.39 Å². The number of nitrogen functional groups attached to an aromatic ring is 1. The van der Waals surface area contributed by atoms with Gasteiger partial charge in [-0.3, -0.25) is 0 Å². The van der Waals surface area contributed by atoms with Crippen LogP contribution in [0.5, 0.6) is 0 Å². The Balaban J connectivity index is 3.46.